The average Bonchev–Trinajstić information content (AvgIpc) is 2.86. The summed E-state index contributed by atoms with van der Waals surface area (Å²) in [5.74, 6) is 0.676. The van der Waals surface area contributed by atoms with Crippen molar-refractivity contribution < 1.29 is 14.6 Å². The van der Waals surface area contributed by atoms with E-state index in [1.807, 2.05) is 0 Å². The molecule has 1 aliphatic rings. The molecule has 0 radical (unpaired) electrons. The van der Waals surface area contributed by atoms with Crippen molar-refractivity contribution in [3.8, 4) is 5.75 Å². The summed E-state index contributed by atoms with van der Waals surface area (Å²) >= 11 is 0. The third-order valence-corrected chi connectivity index (χ3v) is 3.61. The molecule has 1 aliphatic heterocycles. The minimum atomic E-state index is -0.381. The molecule has 3 N–H and O–H groups in total. The summed E-state index contributed by atoms with van der Waals surface area (Å²) in [5.41, 5.74) is 6.80. The molecule has 0 bridgehead atoms. The standard InChI is InChI=1S/C14H20N2O3/c1-9(17)10-3-4-16(8-10)14(18)11-5-12(15)7-13(6-11)19-2/h5-7,9-10,17H,3-4,8,15H2,1-2H3. The van der Waals surface area contributed by atoms with Gasteiger partial charge in [-0.3, -0.25) is 4.79 Å². The summed E-state index contributed by atoms with van der Waals surface area (Å²) in [6.45, 7) is 3.03. The van der Waals surface area contributed by atoms with Gasteiger partial charge in [-0.1, -0.05) is 0 Å². The van der Waals surface area contributed by atoms with Crippen LogP contribution in [0, 0.1) is 5.92 Å². The number of amides is 1. The van der Waals surface area contributed by atoms with Crippen LogP contribution in [0.5, 0.6) is 5.75 Å². The number of nitrogens with zero attached hydrogens (tertiary/aromatic N) is 1. The number of carbonyl (C=O) groups is 1. The number of anilines is 1. The van der Waals surface area contributed by atoms with Crippen LogP contribution in [0.1, 0.15) is 23.7 Å². The van der Waals surface area contributed by atoms with Gasteiger partial charge in [-0.2, -0.15) is 0 Å². The van der Waals surface area contributed by atoms with Crippen LogP contribution in [0.25, 0.3) is 0 Å². The van der Waals surface area contributed by atoms with Gasteiger partial charge in [0.05, 0.1) is 13.2 Å². The monoisotopic (exact) mass is 264 g/mol. The number of hydrogen-bond acceptors (Lipinski definition) is 4. The Morgan fingerprint density at radius 1 is 1.53 bits per heavy atom. The van der Waals surface area contributed by atoms with Crippen molar-refractivity contribution >= 4 is 11.6 Å². The number of carbonyl (C=O) groups excluding carboxylic acids is 1. The van der Waals surface area contributed by atoms with Crippen molar-refractivity contribution in [3.63, 3.8) is 0 Å². The number of aliphatic hydroxyl groups excluding tert-OH is 1. The third kappa shape index (κ3) is 2.98. The number of nitrogen functional groups attached to an aromatic ring is 1. The molecule has 0 saturated carbocycles. The lowest BCUT2D eigenvalue weighted by atomic mass is 10.0. The number of hydrogen-bond donors (Lipinski definition) is 2. The quantitative estimate of drug-likeness (QED) is 0.802. The Bertz CT molecular complexity index is 474. The summed E-state index contributed by atoms with van der Waals surface area (Å²) in [6, 6.07) is 5.02. The molecule has 19 heavy (non-hydrogen) atoms. The average molecular weight is 264 g/mol. The second-order valence-corrected chi connectivity index (χ2v) is 5.04. The Labute approximate surface area is 113 Å². The summed E-state index contributed by atoms with van der Waals surface area (Å²) < 4.78 is 5.12. The van der Waals surface area contributed by atoms with E-state index in [2.05, 4.69) is 0 Å². The van der Waals surface area contributed by atoms with Gasteiger partial charge in [0.2, 0.25) is 0 Å². The molecule has 2 unspecified atom stereocenters. The van der Waals surface area contributed by atoms with E-state index in [1.54, 1.807) is 37.1 Å². The molecule has 1 aromatic rings. The number of benzene rings is 1. The van der Waals surface area contributed by atoms with E-state index in [4.69, 9.17) is 10.5 Å². The lowest BCUT2D eigenvalue weighted by molar-refractivity contribution is 0.0762. The second kappa shape index (κ2) is 5.48. The minimum Gasteiger partial charge on any atom is -0.497 e. The smallest absolute Gasteiger partial charge is 0.254 e. The number of methoxy groups -OCH3 is 1. The van der Waals surface area contributed by atoms with Crippen LogP contribution in [0.2, 0.25) is 0 Å². The molecule has 104 valence electrons. The van der Waals surface area contributed by atoms with E-state index in [9.17, 15) is 9.90 Å². The minimum absolute atomic E-state index is 0.0613. The van der Waals surface area contributed by atoms with Gasteiger partial charge in [-0.15, -0.1) is 0 Å². The Morgan fingerprint density at radius 3 is 2.84 bits per heavy atom. The second-order valence-electron chi connectivity index (χ2n) is 5.04. The van der Waals surface area contributed by atoms with E-state index in [1.165, 1.54) is 0 Å². The Hall–Kier alpha value is -1.75. The van der Waals surface area contributed by atoms with Gasteiger partial charge in [0.15, 0.2) is 0 Å². The van der Waals surface area contributed by atoms with Crippen molar-refractivity contribution in [1.82, 2.24) is 4.90 Å². The first-order chi connectivity index (χ1) is 9.01. The highest BCUT2D eigenvalue weighted by atomic mass is 16.5. The number of rotatable bonds is 3. The maximum Gasteiger partial charge on any atom is 0.254 e. The first kappa shape index (κ1) is 13.7. The van der Waals surface area contributed by atoms with Crippen LogP contribution in [-0.4, -0.2) is 42.2 Å². The van der Waals surface area contributed by atoms with Gasteiger partial charge in [-0.05, 0) is 25.5 Å². The number of nitrogens with two attached hydrogens (primary N) is 1. The summed E-state index contributed by atoms with van der Waals surface area (Å²) in [6.07, 6.45) is 0.455. The highest BCUT2D eigenvalue weighted by Crippen LogP contribution is 2.24. The molecule has 2 rings (SSSR count). The SMILES string of the molecule is COc1cc(N)cc(C(=O)N2CCC(C(C)O)C2)c1. The maximum atomic E-state index is 12.4. The van der Waals surface area contributed by atoms with Crippen LogP contribution >= 0.6 is 0 Å². The summed E-state index contributed by atoms with van der Waals surface area (Å²) in [5, 5.41) is 9.57. The van der Waals surface area contributed by atoms with Gasteiger partial charge in [-0.25, -0.2) is 0 Å². The molecule has 1 aromatic carbocycles. The molecule has 5 heteroatoms. The molecule has 1 fully saturated rings. The largest absolute Gasteiger partial charge is 0.497 e. The number of likely N-dealkylation sites (tertiary alicyclic amines) is 1. The van der Waals surface area contributed by atoms with E-state index in [0.717, 1.165) is 6.42 Å². The maximum absolute atomic E-state index is 12.4. The fourth-order valence-electron chi connectivity index (χ4n) is 2.41. The first-order valence-electron chi connectivity index (χ1n) is 6.43. The first-order valence-corrected chi connectivity index (χ1v) is 6.43. The van der Waals surface area contributed by atoms with Crippen molar-refractivity contribution in [2.75, 3.05) is 25.9 Å². The van der Waals surface area contributed by atoms with Crippen molar-refractivity contribution in [2.24, 2.45) is 5.92 Å². The highest BCUT2D eigenvalue weighted by molar-refractivity contribution is 5.95. The fraction of sp³-hybridized carbons (Fsp3) is 0.500. The van der Waals surface area contributed by atoms with Gasteiger partial charge >= 0.3 is 0 Å². The lowest BCUT2D eigenvalue weighted by Crippen LogP contribution is -2.30. The van der Waals surface area contributed by atoms with E-state index in [0.29, 0.717) is 30.1 Å². The van der Waals surface area contributed by atoms with Crippen LogP contribution in [0.3, 0.4) is 0 Å². The Morgan fingerprint density at radius 2 is 2.26 bits per heavy atom. The lowest BCUT2D eigenvalue weighted by Gasteiger charge is -2.18. The highest BCUT2D eigenvalue weighted by Gasteiger charge is 2.29. The molecule has 0 spiro atoms. The topological polar surface area (TPSA) is 75.8 Å². The van der Waals surface area contributed by atoms with Crippen LogP contribution < -0.4 is 10.5 Å². The van der Waals surface area contributed by atoms with Crippen LogP contribution in [0.4, 0.5) is 5.69 Å². The molecule has 0 aliphatic carbocycles. The molecule has 2 atom stereocenters. The zero-order valence-electron chi connectivity index (χ0n) is 11.3. The Balaban J connectivity index is 2.14. The third-order valence-electron chi connectivity index (χ3n) is 3.61. The van der Waals surface area contributed by atoms with Gasteiger partial charge in [0.25, 0.3) is 5.91 Å². The Kier molecular flexibility index (Phi) is 3.95. The van der Waals surface area contributed by atoms with E-state index >= 15 is 0 Å². The molecule has 1 saturated heterocycles. The molecular formula is C14H20N2O3. The molecule has 0 aromatic heterocycles. The molecular weight excluding hydrogens is 244 g/mol. The predicted molar refractivity (Wildman–Crippen MR) is 73.1 cm³/mol. The van der Waals surface area contributed by atoms with Crippen molar-refractivity contribution in [1.29, 1.82) is 0 Å². The summed E-state index contributed by atoms with van der Waals surface area (Å²) in [4.78, 5) is 14.1. The van der Waals surface area contributed by atoms with Gasteiger partial charge in [0, 0.05) is 36.3 Å². The summed E-state index contributed by atoms with van der Waals surface area (Å²) in [7, 11) is 1.54. The van der Waals surface area contributed by atoms with Gasteiger partial charge < -0.3 is 20.5 Å². The van der Waals surface area contributed by atoms with Crippen LogP contribution in [0.15, 0.2) is 18.2 Å². The zero-order valence-corrected chi connectivity index (χ0v) is 11.3. The van der Waals surface area contributed by atoms with Gasteiger partial charge in [0.1, 0.15) is 5.75 Å². The zero-order chi connectivity index (χ0) is 14.0. The molecule has 1 heterocycles. The molecule has 5 nitrogen and oxygen atoms in total. The van der Waals surface area contributed by atoms with Crippen molar-refractivity contribution in [2.45, 2.75) is 19.4 Å². The molecule has 1 amide bonds. The van der Waals surface area contributed by atoms with E-state index < -0.39 is 0 Å². The predicted octanol–water partition coefficient (Wildman–Crippen LogP) is 1.12. The number of ether oxygens (including phenoxy) is 1. The number of aliphatic hydroxyl groups is 1. The van der Waals surface area contributed by atoms with E-state index in [-0.39, 0.29) is 17.9 Å². The van der Waals surface area contributed by atoms with Crippen LogP contribution in [-0.2, 0) is 0 Å². The van der Waals surface area contributed by atoms with Crippen molar-refractivity contribution in [3.05, 3.63) is 23.8 Å². The fourth-order valence-corrected chi connectivity index (χ4v) is 2.41. The normalized spacial score (nSPS) is 20.4.